The molecule has 32 heavy (non-hydrogen) atoms. The molecule has 0 unspecified atom stereocenters. The van der Waals surface area contributed by atoms with E-state index in [1.165, 1.54) is 23.9 Å². The van der Waals surface area contributed by atoms with E-state index in [1.54, 1.807) is 23.7 Å². The van der Waals surface area contributed by atoms with Crippen molar-refractivity contribution < 1.29 is 9.72 Å². The van der Waals surface area contributed by atoms with Crippen molar-refractivity contribution >= 4 is 40.6 Å². The van der Waals surface area contributed by atoms with E-state index in [9.17, 15) is 14.9 Å². The Morgan fingerprint density at radius 1 is 1.12 bits per heavy atom. The van der Waals surface area contributed by atoms with Crippen molar-refractivity contribution in [1.29, 1.82) is 0 Å². The third-order valence-corrected chi connectivity index (χ3v) is 6.52. The Labute approximate surface area is 194 Å². The molecule has 9 nitrogen and oxygen atoms in total. The first-order chi connectivity index (χ1) is 15.4. The molecule has 166 valence electrons. The summed E-state index contributed by atoms with van der Waals surface area (Å²) in [5, 5.41) is 20.6. The lowest BCUT2D eigenvalue weighted by atomic mass is 10.2. The van der Waals surface area contributed by atoms with Crippen LogP contribution in [0.2, 0.25) is 5.02 Å². The van der Waals surface area contributed by atoms with Gasteiger partial charge in [-0.3, -0.25) is 14.9 Å². The number of hydrogen-bond donors (Lipinski definition) is 0. The lowest BCUT2D eigenvalue weighted by molar-refractivity contribution is -0.384. The van der Waals surface area contributed by atoms with Gasteiger partial charge in [0.1, 0.15) is 0 Å². The predicted octanol–water partition coefficient (Wildman–Crippen LogP) is 3.48. The van der Waals surface area contributed by atoms with Gasteiger partial charge >= 0.3 is 0 Å². The fraction of sp³-hybridized carbons (Fsp3) is 0.286. The van der Waals surface area contributed by atoms with Crippen LogP contribution in [0.5, 0.6) is 0 Å². The number of nitrogens with zero attached hydrogens (tertiary/aromatic N) is 6. The number of nitro benzene ring substituents is 1. The lowest BCUT2D eigenvalue weighted by Gasteiger charge is -2.36. The molecule has 1 amide bonds. The van der Waals surface area contributed by atoms with Crippen LogP contribution in [0.25, 0.3) is 11.4 Å². The quantitative estimate of drug-likeness (QED) is 0.307. The van der Waals surface area contributed by atoms with E-state index in [4.69, 9.17) is 11.6 Å². The van der Waals surface area contributed by atoms with Crippen LogP contribution >= 0.6 is 23.4 Å². The van der Waals surface area contributed by atoms with Crippen LogP contribution in [-0.4, -0.2) is 62.4 Å². The van der Waals surface area contributed by atoms with Crippen molar-refractivity contribution in [3.05, 3.63) is 63.7 Å². The summed E-state index contributed by atoms with van der Waals surface area (Å²) < 4.78 is 1.74. The molecule has 0 aliphatic carbocycles. The molecular weight excluding hydrogens is 452 g/mol. The van der Waals surface area contributed by atoms with Crippen LogP contribution in [0.15, 0.2) is 53.7 Å². The SMILES string of the molecule is Cn1c(SCC(=O)N2CCN(c3cccc(Cl)c3)CC2)nnc1-c1cccc([N+](=O)[O-])c1. The summed E-state index contributed by atoms with van der Waals surface area (Å²) in [4.78, 5) is 27.4. The maximum atomic E-state index is 12.7. The van der Waals surface area contributed by atoms with Gasteiger partial charge in [0.2, 0.25) is 5.91 Å². The van der Waals surface area contributed by atoms with E-state index in [1.807, 2.05) is 29.2 Å². The van der Waals surface area contributed by atoms with E-state index >= 15 is 0 Å². The predicted molar refractivity (Wildman–Crippen MR) is 124 cm³/mol. The highest BCUT2D eigenvalue weighted by Gasteiger charge is 2.22. The minimum atomic E-state index is -0.444. The van der Waals surface area contributed by atoms with Crippen molar-refractivity contribution in [3.63, 3.8) is 0 Å². The lowest BCUT2D eigenvalue weighted by Crippen LogP contribution is -2.49. The van der Waals surface area contributed by atoms with Gasteiger partial charge in [0.05, 0.1) is 10.7 Å². The summed E-state index contributed by atoms with van der Waals surface area (Å²) in [5.74, 6) is 0.803. The fourth-order valence-electron chi connectivity index (χ4n) is 3.55. The number of halogens is 1. The number of thioether (sulfide) groups is 1. The molecule has 0 radical (unpaired) electrons. The van der Waals surface area contributed by atoms with Crippen LogP contribution in [0.4, 0.5) is 11.4 Å². The van der Waals surface area contributed by atoms with Crippen molar-refractivity contribution in [2.45, 2.75) is 5.16 Å². The molecule has 1 fully saturated rings. The van der Waals surface area contributed by atoms with Gasteiger partial charge in [0.15, 0.2) is 11.0 Å². The Morgan fingerprint density at radius 3 is 2.59 bits per heavy atom. The highest BCUT2D eigenvalue weighted by Crippen LogP contribution is 2.26. The molecule has 0 atom stereocenters. The van der Waals surface area contributed by atoms with Gasteiger partial charge < -0.3 is 14.4 Å². The van der Waals surface area contributed by atoms with Gasteiger partial charge in [0, 0.05) is 61.6 Å². The van der Waals surface area contributed by atoms with Crippen molar-refractivity contribution in [2.24, 2.45) is 7.05 Å². The number of anilines is 1. The Morgan fingerprint density at radius 2 is 1.88 bits per heavy atom. The van der Waals surface area contributed by atoms with Gasteiger partial charge in [-0.2, -0.15) is 0 Å². The van der Waals surface area contributed by atoms with E-state index in [0.29, 0.717) is 34.7 Å². The first-order valence-corrected chi connectivity index (χ1v) is 11.3. The number of hydrogen-bond acceptors (Lipinski definition) is 7. The number of aromatic nitrogens is 3. The summed E-state index contributed by atoms with van der Waals surface area (Å²) in [6, 6.07) is 14.0. The number of amides is 1. The van der Waals surface area contributed by atoms with Gasteiger partial charge in [-0.25, -0.2) is 0 Å². The minimum Gasteiger partial charge on any atom is -0.368 e. The van der Waals surface area contributed by atoms with Crippen molar-refractivity contribution in [1.82, 2.24) is 19.7 Å². The van der Waals surface area contributed by atoms with Crippen molar-refractivity contribution in [3.8, 4) is 11.4 Å². The Kier molecular flexibility index (Phi) is 6.61. The Hall–Kier alpha value is -3.11. The maximum Gasteiger partial charge on any atom is 0.270 e. The van der Waals surface area contributed by atoms with Crippen LogP contribution in [0, 0.1) is 10.1 Å². The van der Waals surface area contributed by atoms with Gasteiger partial charge in [-0.05, 0) is 18.2 Å². The number of nitro groups is 1. The molecule has 4 rings (SSSR count). The molecule has 2 heterocycles. The van der Waals surface area contributed by atoms with Crippen LogP contribution < -0.4 is 4.90 Å². The Balaban J connectivity index is 1.34. The van der Waals surface area contributed by atoms with Gasteiger partial charge in [-0.1, -0.05) is 41.6 Å². The average Bonchev–Trinajstić information content (AvgIpc) is 3.18. The van der Waals surface area contributed by atoms with Crippen LogP contribution in [0.1, 0.15) is 0 Å². The summed E-state index contributed by atoms with van der Waals surface area (Å²) in [5.41, 5.74) is 1.66. The monoisotopic (exact) mass is 472 g/mol. The van der Waals surface area contributed by atoms with E-state index in [-0.39, 0.29) is 17.3 Å². The smallest absolute Gasteiger partial charge is 0.270 e. The van der Waals surface area contributed by atoms with Crippen LogP contribution in [-0.2, 0) is 11.8 Å². The number of non-ortho nitro benzene ring substituents is 1. The largest absolute Gasteiger partial charge is 0.368 e. The first-order valence-electron chi connectivity index (χ1n) is 9.97. The highest BCUT2D eigenvalue weighted by atomic mass is 35.5. The zero-order valence-corrected chi connectivity index (χ0v) is 18.9. The molecule has 1 aromatic heterocycles. The number of piperazine rings is 1. The average molecular weight is 473 g/mol. The molecule has 1 aliphatic rings. The standard InChI is InChI=1S/C21H21ClN6O3S/c1-25-20(15-4-2-7-18(12-15)28(30)31)23-24-21(25)32-14-19(29)27-10-8-26(9-11-27)17-6-3-5-16(22)13-17/h2-7,12-13H,8-11,14H2,1H3. The van der Waals surface area contributed by atoms with E-state index in [2.05, 4.69) is 15.1 Å². The molecule has 11 heteroatoms. The Bertz CT molecular complexity index is 1150. The second kappa shape index (κ2) is 9.58. The normalized spacial score (nSPS) is 13.9. The number of rotatable bonds is 6. The topological polar surface area (TPSA) is 97.4 Å². The molecule has 2 aromatic carbocycles. The zero-order chi connectivity index (χ0) is 22.7. The molecule has 1 aliphatic heterocycles. The molecule has 0 saturated carbocycles. The van der Waals surface area contributed by atoms with Crippen molar-refractivity contribution in [2.75, 3.05) is 36.8 Å². The molecule has 0 N–H and O–H groups in total. The summed E-state index contributed by atoms with van der Waals surface area (Å²) in [6.07, 6.45) is 0. The molecule has 3 aromatic rings. The van der Waals surface area contributed by atoms with E-state index < -0.39 is 4.92 Å². The second-order valence-electron chi connectivity index (χ2n) is 7.31. The first kappa shape index (κ1) is 22.1. The molecule has 1 saturated heterocycles. The third-order valence-electron chi connectivity index (χ3n) is 5.28. The fourth-order valence-corrected chi connectivity index (χ4v) is 4.55. The zero-order valence-electron chi connectivity index (χ0n) is 17.3. The summed E-state index contributed by atoms with van der Waals surface area (Å²) in [6.45, 7) is 2.78. The van der Waals surface area contributed by atoms with Gasteiger partial charge in [-0.15, -0.1) is 10.2 Å². The molecule has 0 bridgehead atoms. The third kappa shape index (κ3) is 4.86. The number of carbonyl (C=O) groups excluding carboxylic acids is 1. The second-order valence-corrected chi connectivity index (χ2v) is 8.69. The number of carbonyl (C=O) groups is 1. The van der Waals surface area contributed by atoms with Crippen LogP contribution in [0.3, 0.4) is 0 Å². The minimum absolute atomic E-state index is 0.00760. The van der Waals surface area contributed by atoms with Gasteiger partial charge in [0.25, 0.3) is 5.69 Å². The molecule has 0 spiro atoms. The highest BCUT2D eigenvalue weighted by molar-refractivity contribution is 7.99. The number of benzene rings is 2. The summed E-state index contributed by atoms with van der Waals surface area (Å²) >= 11 is 7.39. The maximum absolute atomic E-state index is 12.7. The molecular formula is C21H21ClN6O3S. The summed E-state index contributed by atoms with van der Waals surface area (Å²) in [7, 11) is 1.78. The van der Waals surface area contributed by atoms with E-state index in [0.717, 1.165) is 18.8 Å².